The van der Waals surface area contributed by atoms with Gasteiger partial charge in [-0.15, -0.1) is 0 Å². The van der Waals surface area contributed by atoms with Gasteiger partial charge in [0.2, 0.25) is 0 Å². The summed E-state index contributed by atoms with van der Waals surface area (Å²) in [5, 5.41) is 9.96. The third-order valence-corrected chi connectivity index (χ3v) is 18.7. The molecule has 2 nitrogen and oxygen atoms in total. The number of rotatable bonds is 11. The second kappa shape index (κ2) is 17.7. The number of hydrogen-bond acceptors (Lipinski definition) is 2. The minimum atomic E-state index is -0.133. The predicted octanol–water partition coefficient (Wildman–Crippen LogP) is 20.4. The Morgan fingerprint density at radius 2 is 0.641 bits per heavy atom. The monoisotopic (exact) mass is 1000 g/mol. The minimum absolute atomic E-state index is 0.0226. The van der Waals surface area contributed by atoms with Crippen molar-refractivity contribution in [2.75, 3.05) is 9.80 Å². The van der Waals surface area contributed by atoms with Gasteiger partial charge >= 0.3 is 0 Å². The summed E-state index contributed by atoms with van der Waals surface area (Å²) >= 11 is 0. The molecule has 0 heterocycles. The van der Waals surface area contributed by atoms with Crippen LogP contribution >= 0.6 is 0 Å². The number of fused-ring (bicyclic) bond motifs is 9. The van der Waals surface area contributed by atoms with Crippen LogP contribution in [0.4, 0.5) is 34.1 Å². The van der Waals surface area contributed by atoms with Crippen LogP contribution in [0.15, 0.2) is 243 Å². The van der Waals surface area contributed by atoms with E-state index in [0.29, 0.717) is 0 Å². The third-order valence-electron chi connectivity index (χ3n) is 18.7. The number of benzene rings is 12. The lowest BCUT2D eigenvalue weighted by molar-refractivity contribution is 0.408. The zero-order chi connectivity index (χ0) is 52.3. The van der Waals surface area contributed by atoms with E-state index in [1.54, 1.807) is 0 Å². The molecule has 0 amide bonds. The van der Waals surface area contributed by atoms with Crippen LogP contribution in [0, 0.1) is 0 Å². The first kappa shape index (κ1) is 46.6. The van der Waals surface area contributed by atoms with E-state index < -0.39 is 0 Å². The maximum atomic E-state index is 2.65. The van der Waals surface area contributed by atoms with Gasteiger partial charge in [-0.05, 0) is 197 Å². The van der Waals surface area contributed by atoms with Crippen molar-refractivity contribution in [3.05, 3.63) is 287 Å². The van der Waals surface area contributed by atoms with Crippen molar-refractivity contribution in [3.63, 3.8) is 0 Å². The summed E-state index contributed by atoms with van der Waals surface area (Å²) in [5.41, 5.74) is 21.5. The molecule has 78 heavy (non-hydrogen) atoms. The molecule has 0 saturated carbocycles. The topological polar surface area (TPSA) is 6.48 Å². The fourth-order valence-electron chi connectivity index (χ4n) is 14.6. The molecular formula is C76H62N2. The van der Waals surface area contributed by atoms with Crippen molar-refractivity contribution in [2.45, 2.75) is 76.0 Å². The van der Waals surface area contributed by atoms with Gasteiger partial charge in [-0.1, -0.05) is 204 Å². The fourth-order valence-corrected chi connectivity index (χ4v) is 14.6. The summed E-state index contributed by atoms with van der Waals surface area (Å²) in [6.45, 7) is 9.72. The number of hydrogen-bond donors (Lipinski definition) is 0. The summed E-state index contributed by atoms with van der Waals surface area (Å²) in [5.74, 6) is 0. The molecule has 2 atom stereocenters. The predicted molar refractivity (Wildman–Crippen MR) is 330 cm³/mol. The average molecular weight is 1000 g/mol. The smallest absolute Gasteiger partial charge is 0.0468 e. The summed E-state index contributed by atoms with van der Waals surface area (Å²) in [4.78, 5) is 4.86. The Bertz CT molecular complexity index is 4210. The quantitative estimate of drug-likeness (QED) is 0.127. The van der Waals surface area contributed by atoms with E-state index in [1.165, 1.54) is 104 Å². The first-order chi connectivity index (χ1) is 38.2. The van der Waals surface area contributed by atoms with E-state index in [9.17, 15) is 0 Å². The highest BCUT2D eigenvalue weighted by Gasteiger charge is 2.49. The van der Waals surface area contributed by atoms with Crippen LogP contribution in [0.3, 0.4) is 0 Å². The van der Waals surface area contributed by atoms with E-state index in [2.05, 4.69) is 280 Å². The highest BCUT2D eigenvalue weighted by Crippen LogP contribution is 2.60. The molecule has 0 fully saturated rings. The van der Waals surface area contributed by atoms with Crippen molar-refractivity contribution in [1.82, 2.24) is 0 Å². The summed E-state index contributed by atoms with van der Waals surface area (Å²) < 4.78 is 0. The number of nitrogens with zero attached hydrogens (tertiary/aromatic N) is 2. The van der Waals surface area contributed by atoms with Crippen LogP contribution in [-0.2, 0) is 29.1 Å². The van der Waals surface area contributed by atoms with Crippen LogP contribution in [0.5, 0.6) is 0 Å². The van der Waals surface area contributed by atoms with E-state index in [4.69, 9.17) is 0 Å². The van der Waals surface area contributed by atoms with E-state index >= 15 is 0 Å². The molecule has 3 aliphatic rings. The maximum Gasteiger partial charge on any atom is 0.0468 e. The van der Waals surface area contributed by atoms with Crippen molar-refractivity contribution in [2.24, 2.45) is 0 Å². The lowest BCUT2D eigenvalue weighted by atomic mass is 9.57. The van der Waals surface area contributed by atoms with Crippen LogP contribution in [-0.4, -0.2) is 0 Å². The van der Waals surface area contributed by atoms with Crippen molar-refractivity contribution >= 4 is 77.2 Å². The zero-order valence-electron chi connectivity index (χ0n) is 45.0. The fraction of sp³-hybridized carbons (Fsp3) is 0.158. The molecule has 2 unspecified atom stereocenters. The second-order valence-electron chi connectivity index (χ2n) is 23.2. The Kier molecular flexibility index (Phi) is 10.5. The van der Waals surface area contributed by atoms with Gasteiger partial charge in [0.1, 0.15) is 0 Å². The summed E-state index contributed by atoms with van der Waals surface area (Å²) in [6, 6.07) is 91.8. The van der Waals surface area contributed by atoms with Crippen LogP contribution in [0.25, 0.3) is 54.2 Å². The second-order valence-corrected chi connectivity index (χ2v) is 23.2. The van der Waals surface area contributed by atoms with Crippen LogP contribution in [0.1, 0.15) is 91.5 Å². The van der Waals surface area contributed by atoms with Gasteiger partial charge in [0.05, 0.1) is 0 Å². The Labute approximate surface area is 458 Å². The largest absolute Gasteiger partial charge is 0.310 e. The molecule has 15 rings (SSSR count). The molecular weight excluding hydrogens is 941 g/mol. The lowest BCUT2D eigenvalue weighted by Crippen LogP contribution is -2.40. The van der Waals surface area contributed by atoms with Gasteiger partial charge in [-0.3, -0.25) is 0 Å². The summed E-state index contributed by atoms with van der Waals surface area (Å²) in [7, 11) is 0. The summed E-state index contributed by atoms with van der Waals surface area (Å²) in [6.07, 6.45) is 5.43. The van der Waals surface area contributed by atoms with Gasteiger partial charge in [0.15, 0.2) is 0 Å². The van der Waals surface area contributed by atoms with Gasteiger partial charge in [0, 0.05) is 50.4 Å². The molecule has 0 radical (unpaired) electrons. The average Bonchev–Trinajstić information content (AvgIpc) is 3.87. The van der Waals surface area contributed by atoms with Crippen LogP contribution in [0.2, 0.25) is 0 Å². The van der Waals surface area contributed by atoms with Crippen molar-refractivity contribution < 1.29 is 0 Å². The molecule has 0 bridgehead atoms. The number of anilines is 6. The lowest BCUT2D eigenvalue weighted by Gasteiger charge is -2.46. The molecule has 12 aromatic rings. The van der Waals surface area contributed by atoms with Gasteiger partial charge < -0.3 is 9.80 Å². The molecule has 2 heteroatoms. The first-order valence-corrected chi connectivity index (χ1v) is 28.3. The molecule has 376 valence electrons. The molecule has 0 saturated heterocycles. The Morgan fingerprint density at radius 3 is 1.00 bits per heavy atom. The minimum Gasteiger partial charge on any atom is -0.310 e. The van der Waals surface area contributed by atoms with E-state index in [1.807, 2.05) is 0 Å². The highest BCUT2D eigenvalue weighted by molar-refractivity contribution is 5.95. The molecule has 0 spiro atoms. The normalized spacial score (nSPS) is 17.5. The SMILES string of the molecule is CCCC1(c2ccc(N(c3ccc4ccccc4c3)c3ccc4ccccc4c3)cc2)Cc2cc3c(cc21)C(C)(C)c1cc2c(cc1-3)CC2(CC)c1ccc(N(c2ccc3ccccc3c2)c2ccc3ccccc3c2)cc1. The third kappa shape index (κ3) is 7.08. The van der Waals surface area contributed by atoms with E-state index in [-0.39, 0.29) is 16.2 Å². The van der Waals surface area contributed by atoms with Crippen molar-refractivity contribution in [1.29, 1.82) is 0 Å². The Morgan fingerprint density at radius 1 is 0.321 bits per heavy atom. The molecule has 3 aliphatic carbocycles. The maximum absolute atomic E-state index is 2.65. The standard InChI is InChI=1S/C76H62N2/c1-5-39-76(61-29-37-63(38-30-61)78(66-33-25-52-17-9-13-21-56(52)42-66)67-34-26-53-18-10-14-22-57(53)43-67)49-59-45-69-68-44-58-48-75(6-2,70(58)46-72(68)74(3,4)73(69)47-71(59)76)60-27-35-62(36-28-60)77(64-31-23-50-15-7-11-19-54(50)40-64)65-32-24-51-16-8-12-20-55(51)41-65/h7-38,40-47H,5-6,39,48-49H2,1-4H3. The highest BCUT2D eigenvalue weighted by atomic mass is 15.1. The Hall–Kier alpha value is -8.72. The first-order valence-electron chi connectivity index (χ1n) is 28.3. The Balaban J connectivity index is 0.754. The van der Waals surface area contributed by atoms with E-state index in [0.717, 1.165) is 60.5 Å². The van der Waals surface area contributed by atoms with Crippen LogP contribution < -0.4 is 9.80 Å². The molecule has 0 aromatic heterocycles. The molecule has 12 aromatic carbocycles. The van der Waals surface area contributed by atoms with Gasteiger partial charge in [-0.25, -0.2) is 0 Å². The van der Waals surface area contributed by atoms with Crippen molar-refractivity contribution in [3.8, 4) is 11.1 Å². The molecule has 0 N–H and O–H groups in total. The van der Waals surface area contributed by atoms with Gasteiger partial charge in [-0.2, -0.15) is 0 Å². The molecule has 0 aliphatic heterocycles. The van der Waals surface area contributed by atoms with Gasteiger partial charge in [0.25, 0.3) is 0 Å². The zero-order valence-corrected chi connectivity index (χ0v) is 45.0.